The van der Waals surface area contributed by atoms with Crippen LogP contribution >= 0.6 is 0 Å². The largest absolute Gasteiger partial charge is 0.489 e. The molecule has 1 saturated carbocycles. The van der Waals surface area contributed by atoms with Gasteiger partial charge in [-0.25, -0.2) is 0 Å². The normalized spacial score (nSPS) is 23.8. The number of Topliss-reactive ketones (excluding diaryl/α,β-unsaturated/α-hetero) is 1. The third-order valence-electron chi connectivity index (χ3n) is 4.46. The molecule has 0 bridgehead atoms. The Kier molecular flexibility index (Phi) is 3.58. The highest BCUT2D eigenvalue weighted by Gasteiger charge is 2.28. The maximum atomic E-state index is 12.2. The van der Waals surface area contributed by atoms with Crippen LogP contribution in [0.3, 0.4) is 0 Å². The molecule has 0 aromatic heterocycles. The Morgan fingerprint density at radius 1 is 1.21 bits per heavy atom. The molecule has 2 nitrogen and oxygen atoms in total. The van der Waals surface area contributed by atoms with E-state index in [2.05, 4.69) is 0 Å². The first-order chi connectivity index (χ1) is 9.22. The highest BCUT2D eigenvalue weighted by molar-refractivity contribution is 6.00. The van der Waals surface area contributed by atoms with Gasteiger partial charge in [0.05, 0.1) is 5.56 Å². The van der Waals surface area contributed by atoms with Crippen molar-refractivity contribution in [3.05, 3.63) is 29.3 Å². The van der Waals surface area contributed by atoms with Crippen molar-refractivity contribution in [2.75, 3.05) is 0 Å². The number of carbonyl (C=O) groups excluding carboxylic acids is 1. The lowest BCUT2D eigenvalue weighted by Crippen LogP contribution is -2.29. The topological polar surface area (TPSA) is 26.3 Å². The second-order valence-electron chi connectivity index (χ2n) is 6.11. The standard InChI is InChI=1S/C17H22O2/c1-12-7-8-17-15(9-12)16(18)11-14(19-17)10-13-5-3-2-4-6-13/h7-9,13-14H,2-6,10-11H2,1H3. The van der Waals surface area contributed by atoms with E-state index in [9.17, 15) is 4.79 Å². The number of ether oxygens (including phenoxy) is 1. The summed E-state index contributed by atoms with van der Waals surface area (Å²) in [6.07, 6.45) is 8.42. The molecule has 1 fully saturated rings. The monoisotopic (exact) mass is 258 g/mol. The van der Waals surface area contributed by atoms with Crippen LogP contribution in [0.2, 0.25) is 0 Å². The number of carbonyl (C=O) groups is 1. The van der Waals surface area contributed by atoms with Crippen molar-refractivity contribution in [3.63, 3.8) is 0 Å². The predicted molar refractivity (Wildman–Crippen MR) is 75.7 cm³/mol. The summed E-state index contributed by atoms with van der Waals surface area (Å²) >= 11 is 0. The molecule has 19 heavy (non-hydrogen) atoms. The molecule has 0 saturated heterocycles. The van der Waals surface area contributed by atoms with Gasteiger partial charge in [-0.05, 0) is 31.4 Å². The number of hydrogen-bond acceptors (Lipinski definition) is 2. The minimum absolute atomic E-state index is 0.103. The summed E-state index contributed by atoms with van der Waals surface area (Å²) < 4.78 is 6.04. The Hall–Kier alpha value is -1.31. The summed E-state index contributed by atoms with van der Waals surface area (Å²) in [5.41, 5.74) is 1.90. The van der Waals surface area contributed by atoms with Crippen LogP contribution in [0.5, 0.6) is 5.75 Å². The lowest BCUT2D eigenvalue weighted by atomic mass is 9.83. The van der Waals surface area contributed by atoms with Crippen molar-refractivity contribution in [2.45, 2.75) is 58.0 Å². The Morgan fingerprint density at radius 3 is 2.79 bits per heavy atom. The third kappa shape index (κ3) is 2.83. The van der Waals surface area contributed by atoms with Gasteiger partial charge in [0.2, 0.25) is 0 Å². The molecule has 1 unspecified atom stereocenters. The smallest absolute Gasteiger partial charge is 0.170 e. The van der Waals surface area contributed by atoms with Crippen molar-refractivity contribution >= 4 is 5.78 Å². The average Bonchev–Trinajstić information content (AvgIpc) is 2.41. The Morgan fingerprint density at radius 2 is 2.00 bits per heavy atom. The van der Waals surface area contributed by atoms with Crippen LogP contribution in [0.4, 0.5) is 0 Å². The highest BCUT2D eigenvalue weighted by atomic mass is 16.5. The summed E-state index contributed by atoms with van der Waals surface area (Å²) in [4.78, 5) is 12.2. The first-order valence-corrected chi connectivity index (χ1v) is 7.53. The van der Waals surface area contributed by atoms with Crippen molar-refractivity contribution < 1.29 is 9.53 Å². The molecule has 1 atom stereocenters. The van der Waals surface area contributed by atoms with Gasteiger partial charge in [-0.2, -0.15) is 0 Å². The summed E-state index contributed by atoms with van der Waals surface area (Å²) in [5, 5.41) is 0. The zero-order chi connectivity index (χ0) is 13.2. The van der Waals surface area contributed by atoms with E-state index >= 15 is 0 Å². The number of fused-ring (bicyclic) bond motifs is 1. The molecule has 1 aromatic carbocycles. The Labute approximate surface area is 115 Å². The Balaban J connectivity index is 1.70. The van der Waals surface area contributed by atoms with E-state index in [0.29, 0.717) is 6.42 Å². The van der Waals surface area contributed by atoms with Gasteiger partial charge in [0, 0.05) is 6.42 Å². The third-order valence-corrected chi connectivity index (χ3v) is 4.46. The molecule has 0 amide bonds. The molecule has 1 heterocycles. The molecule has 1 aliphatic heterocycles. The lowest BCUT2D eigenvalue weighted by Gasteiger charge is -2.30. The molecular formula is C17H22O2. The van der Waals surface area contributed by atoms with Crippen molar-refractivity contribution in [1.29, 1.82) is 0 Å². The molecule has 0 N–H and O–H groups in total. The maximum absolute atomic E-state index is 12.2. The summed E-state index contributed by atoms with van der Waals surface area (Å²) in [5.74, 6) is 1.81. The number of hydrogen-bond donors (Lipinski definition) is 0. The number of aryl methyl sites for hydroxylation is 1. The second kappa shape index (κ2) is 5.36. The molecule has 3 rings (SSSR count). The molecule has 0 spiro atoms. The zero-order valence-corrected chi connectivity index (χ0v) is 11.7. The fraction of sp³-hybridized carbons (Fsp3) is 0.588. The van der Waals surface area contributed by atoms with Crippen LogP contribution < -0.4 is 4.74 Å². The first kappa shape index (κ1) is 12.7. The summed E-state index contributed by atoms with van der Waals surface area (Å²) in [7, 11) is 0. The van der Waals surface area contributed by atoms with Crippen molar-refractivity contribution in [2.24, 2.45) is 5.92 Å². The predicted octanol–water partition coefficient (Wildman–Crippen LogP) is 4.30. The van der Waals surface area contributed by atoms with Gasteiger partial charge in [-0.3, -0.25) is 4.79 Å². The lowest BCUT2D eigenvalue weighted by molar-refractivity contribution is 0.0795. The van der Waals surface area contributed by atoms with Gasteiger partial charge >= 0.3 is 0 Å². The van der Waals surface area contributed by atoms with E-state index in [1.807, 2.05) is 25.1 Å². The van der Waals surface area contributed by atoms with Crippen LogP contribution in [0.15, 0.2) is 18.2 Å². The van der Waals surface area contributed by atoms with Gasteiger partial charge in [-0.15, -0.1) is 0 Å². The van der Waals surface area contributed by atoms with Crippen LogP contribution in [-0.4, -0.2) is 11.9 Å². The second-order valence-corrected chi connectivity index (χ2v) is 6.11. The fourth-order valence-corrected chi connectivity index (χ4v) is 3.43. The van der Waals surface area contributed by atoms with E-state index in [4.69, 9.17) is 4.74 Å². The van der Waals surface area contributed by atoms with E-state index in [1.165, 1.54) is 32.1 Å². The van der Waals surface area contributed by atoms with Crippen LogP contribution in [-0.2, 0) is 0 Å². The van der Waals surface area contributed by atoms with Gasteiger partial charge in [-0.1, -0.05) is 43.7 Å². The molecule has 1 aliphatic carbocycles. The summed E-state index contributed by atoms with van der Waals surface area (Å²) in [6, 6.07) is 5.93. The van der Waals surface area contributed by atoms with Crippen LogP contribution in [0.1, 0.15) is 60.9 Å². The molecule has 0 radical (unpaired) electrons. The van der Waals surface area contributed by atoms with E-state index in [0.717, 1.165) is 29.2 Å². The van der Waals surface area contributed by atoms with Crippen molar-refractivity contribution in [3.8, 4) is 5.75 Å². The van der Waals surface area contributed by atoms with Crippen LogP contribution in [0.25, 0.3) is 0 Å². The first-order valence-electron chi connectivity index (χ1n) is 7.53. The van der Waals surface area contributed by atoms with Gasteiger partial charge < -0.3 is 4.74 Å². The highest BCUT2D eigenvalue weighted by Crippen LogP contribution is 2.34. The SMILES string of the molecule is Cc1ccc2c(c1)C(=O)CC(CC1CCCCC1)O2. The average molecular weight is 258 g/mol. The molecular weight excluding hydrogens is 236 g/mol. The van der Waals surface area contributed by atoms with Crippen molar-refractivity contribution in [1.82, 2.24) is 0 Å². The number of benzene rings is 1. The molecule has 2 heteroatoms. The van der Waals surface area contributed by atoms with E-state index < -0.39 is 0 Å². The number of ketones is 1. The van der Waals surface area contributed by atoms with E-state index in [-0.39, 0.29) is 11.9 Å². The van der Waals surface area contributed by atoms with Gasteiger partial charge in [0.1, 0.15) is 11.9 Å². The van der Waals surface area contributed by atoms with Gasteiger partial charge in [0.25, 0.3) is 0 Å². The van der Waals surface area contributed by atoms with Crippen LogP contribution in [0, 0.1) is 12.8 Å². The minimum Gasteiger partial charge on any atom is -0.489 e. The number of rotatable bonds is 2. The zero-order valence-electron chi connectivity index (χ0n) is 11.7. The fourth-order valence-electron chi connectivity index (χ4n) is 3.43. The van der Waals surface area contributed by atoms with Gasteiger partial charge in [0.15, 0.2) is 5.78 Å². The maximum Gasteiger partial charge on any atom is 0.170 e. The summed E-state index contributed by atoms with van der Waals surface area (Å²) in [6.45, 7) is 2.02. The molecule has 1 aromatic rings. The molecule has 2 aliphatic rings. The van der Waals surface area contributed by atoms with E-state index in [1.54, 1.807) is 0 Å². The Bertz CT molecular complexity index is 472. The minimum atomic E-state index is 0.103. The quantitative estimate of drug-likeness (QED) is 0.790. The molecule has 102 valence electrons.